The first-order valence-corrected chi connectivity index (χ1v) is 4.61. The molecule has 16 heavy (non-hydrogen) atoms. The van der Waals surface area contributed by atoms with E-state index in [1.165, 1.54) is 13.3 Å². The number of nitrogens with one attached hydrogen (secondary N) is 2. The van der Waals surface area contributed by atoms with Crippen molar-refractivity contribution in [1.29, 1.82) is 0 Å². The summed E-state index contributed by atoms with van der Waals surface area (Å²) in [4.78, 5) is 11.3. The molecule has 1 rings (SSSR count). The molecule has 0 saturated heterocycles. The molecule has 0 heterocycles. The molecular weight excluding hydrogens is 208 g/mol. The molecule has 1 aromatic rings. The van der Waals surface area contributed by atoms with Gasteiger partial charge in [0.1, 0.15) is 11.5 Å². The highest BCUT2D eigenvalue weighted by Crippen LogP contribution is 2.28. The highest BCUT2D eigenvalue weighted by molar-refractivity contribution is 5.91. The van der Waals surface area contributed by atoms with Crippen molar-refractivity contribution in [1.82, 2.24) is 5.32 Å². The van der Waals surface area contributed by atoms with Crippen LogP contribution in [-0.2, 0) is 0 Å². The van der Waals surface area contributed by atoms with Gasteiger partial charge in [0.15, 0.2) is 0 Å². The van der Waals surface area contributed by atoms with Crippen molar-refractivity contribution in [2.24, 2.45) is 0 Å². The van der Waals surface area contributed by atoms with Gasteiger partial charge in [-0.3, -0.25) is 0 Å². The van der Waals surface area contributed by atoms with Gasteiger partial charge in [0.25, 0.3) is 0 Å². The van der Waals surface area contributed by atoms with Crippen LogP contribution in [0.5, 0.6) is 11.5 Å². The van der Waals surface area contributed by atoms with Crippen molar-refractivity contribution in [2.75, 3.05) is 19.5 Å². The van der Waals surface area contributed by atoms with Gasteiger partial charge >= 0.3 is 6.03 Å². The van der Waals surface area contributed by atoms with E-state index in [2.05, 4.69) is 17.2 Å². The fraction of sp³-hybridized carbons (Fsp3) is 0.182. The van der Waals surface area contributed by atoms with Gasteiger partial charge in [0.05, 0.1) is 19.9 Å². The number of hydrogen-bond donors (Lipinski definition) is 2. The van der Waals surface area contributed by atoms with E-state index in [0.29, 0.717) is 17.2 Å². The number of amides is 2. The molecule has 0 bridgehead atoms. The quantitative estimate of drug-likeness (QED) is 0.818. The van der Waals surface area contributed by atoms with E-state index in [1.807, 2.05) is 0 Å². The molecule has 2 amide bonds. The lowest BCUT2D eigenvalue weighted by molar-refractivity contribution is 0.255. The topological polar surface area (TPSA) is 59.6 Å². The molecule has 0 radical (unpaired) electrons. The fourth-order valence-corrected chi connectivity index (χ4v) is 1.15. The lowest BCUT2D eigenvalue weighted by atomic mass is 10.2. The van der Waals surface area contributed by atoms with Gasteiger partial charge in [-0.25, -0.2) is 4.79 Å². The summed E-state index contributed by atoms with van der Waals surface area (Å²) in [6.45, 7) is 3.39. The maximum absolute atomic E-state index is 11.3. The maximum atomic E-state index is 11.3. The van der Waals surface area contributed by atoms with Gasteiger partial charge in [0, 0.05) is 6.07 Å². The standard InChI is InChI=1S/C11H14N2O3/c1-4-12-11(14)13-9-6-5-8(15-2)7-10(9)16-3/h4-7H,1H2,2-3H3,(H2,12,13,14). The molecule has 0 fully saturated rings. The van der Waals surface area contributed by atoms with Crippen molar-refractivity contribution in [3.63, 3.8) is 0 Å². The predicted octanol–water partition coefficient (Wildman–Crippen LogP) is 1.97. The number of carbonyl (C=O) groups is 1. The van der Waals surface area contributed by atoms with Crippen molar-refractivity contribution in [3.05, 3.63) is 31.0 Å². The summed E-state index contributed by atoms with van der Waals surface area (Å²) < 4.78 is 10.2. The molecule has 0 unspecified atom stereocenters. The SMILES string of the molecule is C=CNC(=O)Nc1ccc(OC)cc1OC. The minimum Gasteiger partial charge on any atom is -0.497 e. The summed E-state index contributed by atoms with van der Waals surface area (Å²) in [6, 6.07) is 4.73. The number of anilines is 1. The number of methoxy groups -OCH3 is 2. The first-order chi connectivity index (χ1) is 7.71. The maximum Gasteiger partial charge on any atom is 0.323 e. The molecule has 5 nitrogen and oxygen atoms in total. The number of urea groups is 1. The van der Waals surface area contributed by atoms with Gasteiger partial charge in [0.2, 0.25) is 0 Å². The molecule has 86 valence electrons. The van der Waals surface area contributed by atoms with Crippen LogP contribution in [0.1, 0.15) is 0 Å². The lowest BCUT2D eigenvalue weighted by Crippen LogP contribution is -2.23. The van der Waals surface area contributed by atoms with E-state index in [0.717, 1.165) is 0 Å². The van der Waals surface area contributed by atoms with Crippen molar-refractivity contribution < 1.29 is 14.3 Å². The summed E-state index contributed by atoms with van der Waals surface area (Å²) in [7, 11) is 3.08. The molecule has 0 saturated carbocycles. The van der Waals surface area contributed by atoms with Crippen LogP contribution in [-0.4, -0.2) is 20.3 Å². The first-order valence-electron chi connectivity index (χ1n) is 4.61. The van der Waals surface area contributed by atoms with Crippen LogP contribution in [0.2, 0.25) is 0 Å². The van der Waals surface area contributed by atoms with Gasteiger partial charge in [-0.15, -0.1) is 0 Å². The number of hydrogen-bond acceptors (Lipinski definition) is 3. The number of carbonyl (C=O) groups excluding carboxylic acids is 1. The molecule has 0 aromatic heterocycles. The van der Waals surface area contributed by atoms with E-state index < -0.39 is 0 Å². The second-order valence-corrected chi connectivity index (χ2v) is 2.87. The lowest BCUT2D eigenvalue weighted by Gasteiger charge is -2.11. The van der Waals surface area contributed by atoms with Gasteiger partial charge in [-0.1, -0.05) is 6.58 Å². The smallest absolute Gasteiger partial charge is 0.323 e. The number of rotatable bonds is 4. The highest BCUT2D eigenvalue weighted by Gasteiger charge is 2.07. The zero-order valence-corrected chi connectivity index (χ0v) is 9.24. The summed E-state index contributed by atoms with van der Waals surface area (Å²) in [5.41, 5.74) is 0.558. The van der Waals surface area contributed by atoms with Crippen LogP contribution >= 0.6 is 0 Å². The van der Waals surface area contributed by atoms with Crippen LogP contribution in [0.15, 0.2) is 31.0 Å². The molecule has 0 spiro atoms. The second kappa shape index (κ2) is 5.65. The Labute approximate surface area is 94.1 Å². The van der Waals surface area contributed by atoms with Gasteiger partial charge in [-0.2, -0.15) is 0 Å². The van der Waals surface area contributed by atoms with Crippen molar-refractivity contribution in [2.45, 2.75) is 0 Å². The Morgan fingerprint density at radius 2 is 2.12 bits per heavy atom. The number of ether oxygens (including phenoxy) is 2. The van der Waals surface area contributed by atoms with Crippen LogP contribution in [0.25, 0.3) is 0 Å². The van der Waals surface area contributed by atoms with E-state index in [-0.39, 0.29) is 6.03 Å². The average Bonchev–Trinajstić information content (AvgIpc) is 2.30. The Morgan fingerprint density at radius 3 is 2.69 bits per heavy atom. The fourth-order valence-electron chi connectivity index (χ4n) is 1.15. The monoisotopic (exact) mass is 222 g/mol. The van der Waals surface area contributed by atoms with E-state index in [9.17, 15) is 4.79 Å². The third-order valence-electron chi connectivity index (χ3n) is 1.89. The largest absolute Gasteiger partial charge is 0.497 e. The van der Waals surface area contributed by atoms with Crippen LogP contribution in [0.4, 0.5) is 10.5 Å². The van der Waals surface area contributed by atoms with E-state index >= 15 is 0 Å². The normalized spacial score (nSPS) is 9.12. The second-order valence-electron chi connectivity index (χ2n) is 2.87. The Balaban J connectivity index is 2.86. The van der Waals surface area contributed by atoms with Gasteiger partial charge < -0.3 is 20.1 Å². The zero-order chi connectivity index (χ0) is 12.0. The molecule has 5 heteroatoms. The minimum absolute atomic E-state index is 0.376. The van der Waals surface area contributed by atoms with Crippen LogP contribution < -0.4 is 20.1 Å². The Bertz CT molecular complexity index is 391. The van der Waals surface area contributed by atoms with Crippen LogP contribution in [0.3, 0.4) is 0 Å². The van der Waals surface area contributed by atoms with E-state index in [1.54, 1.807) is 25.3 Å². The third-order valence-corrected chi connectivity index (χ3v) is 1.89. The molecule has 2 N–H and O–H groups in total. The zero-order valence-electron chi connectivity index (χ0n) is 9.24. The summed E-state index contributed by atoms with van der Waals surface area (Å²) >= 11 is 0. The van der Waals surface area contributed by atoms with Gasteiger partial charge in [-0.05, 0) is 18.3 Å². The minimum atomic E-state index is -0.376. The Hall–Kier alpha value is -2.17. The molecule has 0 aliphatic rings. The average molecular weight is 222 g/mol. The molecule has 1 aromatic carbocycles. The van der Waals surface area contributed by atoms with Crippen molar-refractivity contribution in [3.8, 4) is 11.5 Å². The van der Waals surface area contributed by atoms with Crippen molar-refractivity contribution >= 4 is 11.7 Å². The predicted molar refractivity (Wildman–Crippen MR) is 61.9 cm³/mol. The third kappa shape index (κ3) is 2.91. The highest BCUT2D eigenvalue weighted by atomic mass is 16.5. The number of benzene rings is 1. The first kappa shape index (κ1) is 11.9. The molecular formula is C11H14N2O3. The summed E-state index contributed by atoms with van der Waals surface area (Å²) in [5, 5.41) is 5.01. The summed E-state index contributed by atoms with van der Waals surface area (Å²) in [6.07, 6.45) is 1.30. The molecule has 0 aliphatic carbocycles. The Morgan fingerprint density at radius 1 is 1.38 bits per heavy atom. The Kier molecular flexibility index (Phi) is 4.20. The summed E-state index contributed by atoms with van der Waals surface area (Å²) in [5.74, 6) is 1.19. The molecule has 0 atom stereocenters. The molecule has 0 aliphatic heterocycles. The van der Waals surface area contributed by atoms with E-state index in [4.69, 9.17) is 9.47 Å². The van der Waals surface area contributed by atoms with Crippen LogP contribution in [0, 0.1) is 0 Å².